The van der Waals surface area contributed by atoms with Crippen LogP contribution in [0.25, 0.3) is 0 Å². The maximum Gasteiger partial charge on any atom is 0.0914 e. The standard InChI is InChI=1S/C16H25NO2/c18-15(14-8-4-3-5-9-14)12-17-13-16(19)10-6-1-2-7-11-16/h3-5,8-9,15,17-19H,1-2,6-7,10-13H2. The maximum atomic E-state index is 10.5. The molecular formula is C16H25NO2. The highest BCUT2D eigenvalue weighted by atomic mass is 16.3. The molecule has 3 N–H and O–H groups in total. The summed E-state index contributed by atoms with van der Waals surface area (Å²) in [6.07, 6.45) is 5.93. The van der Waals surface area contributed by atoms with E-state index in [4.69, 9.17) is 0 Å². The second kappa shape index (κ2) is 7.04. The molecule has 1 aromatic rings. The second-order valence-electron chi connectivity index (χ2n) is 5.70. The van der Waals surface area contributed by atoms with Crippen molar-refractivity contribution in [3.63, 3.8) is 0 Å². The van der Waals surface area contributed by atoms with Crippen molar-refractivity contribution >= 4 is 0 Å². The van der Waals surface area contributed by atoms with Crippen LogP contribution in [0.5, 0.6) is 0 Å². The van der Waals surface area contributed by atoms with Gasteiger partial charge in [0.05, 0.1) is 11.7 Å². The van der Waals surface area contributed by atoms with Crippen LogP contribution in [-0.4, -0.2) is 28.9 Å². The van der Waals surface area contributed by atoms with Crippen molar-refractivity contribution in [2.24, 2.45) is 0 Å². The van der Waals surface area contributed by atoms with Crippen molar-refractivity contribution < 1.29 is 10.2 Å². The number of benzene rings is 1. The van der Waals surface area contributed by atoms with Crippen molar-refractivity contribution in [2.75, 3.05) is 13.1 Å². The molecule has 2 rings (SSSR count). The van der Waals surface area contributed by atoms with Crippen LogP contribution in [0.3, 0.4) is 0 Å². The fraction of sp³-hybridized carbons (Fsp3) is 0.625. The van der Waals surface area contributed by atoms with Gasteiger partial charge in [0.15, 0.2) is 0 Å². The molecule has 106 valence electrons. The van der Waals surface area contributed by atoms with Gasteiger partial charge in [0.25, 0.3) is 0 Å². The number of hydrogen-bond acceptors (Lipinski definition) is 3. The molecule has 0 aliphatic heterocycles. The third-order valence-corrected chi connectivity index (χ3v) is 4.01. The molecule has 1 aromatic carbocycles. The Morgan fingerprint density at radius 2 is 1.68 bits per heavy atom. The molecule has 1 aliphatic rings. The summed E-state index contributed by atoms with van der Waals surface area (Å²) in [6.45, 7) is 1.07. The molecule has 0 saturated heterocycles. The predicted molar refractivity (Wildman–Crippen MR) is 76.9 cm³/mol. The van der Waals surface area contributed by atoms with Gasteiger partial charge in [-0.3, -0.25) is 0 Å². The fourth-order valence-corrected chi connectivity index (χ4v) is 2.80. The molecule has 3 heteroatoms. The van der Waals surface area contributed by atoms with Gasteiger partial charge < -0.3 is 15.5 Å². The van der Waals surface area contributed by atoms with Crippen LogP contribution in [-0.2, 0) is 0 Å². The van der Waals surface area contributed by atoms with E-state index in [0.29, 0.717) is 13.1 Å². The van der Waals surface area contributed by atoms with Crippen LogP contribution in [0.2, 0.25) is 0 Å². The van der Waals surface area contributed by atoms with E-state index in [9.17, 15) is 10.2 Å². The van der Waals surface area contributed by atoms with Gasteiger partial charge in [-0.25, -0.2) is 0 Å². The van der Waals surface area contributed by atoms with Crippen LogP contribution in [0.15, 0.2) is 30.3 Å². The molecule has 1 fully saturated rings. The average Bonchev–Trinajstić information content (AvgIpc) is 2.65. The molecule has 0 radical (unpaired) electrons. The fourth-order valence-electron chi connectivity index (χ4n) is 2.80. The predicted octanol–water partition coefficient (Wildman–Crippen LogP) is 2.39. The molecule has 1 saturated carbocycles. The Morgan fingerprint density at radius 3 is 2.32 bits per heavy atom. The topological polar surface area (TPSA) is 52.5 Å². The first kappa shape index (κ1) is 14.5. The number of rotatable bonds is 5. The first-order valence-corrected chi connectivity index (χ1v) is 7.36. The first-order valence-electron chi connectivity index (χ1n) is 7.36. The minimum atomic E-state index is -0.576. The SMILES string of the molecule is OC(CNCC1(O)CCCCCC1)c1ccccc1. The lowest BCUT2D eigenvalue weighted by molar-refractivity contribution is 0.0223. The zero-order valence-electron chi connectivity index (χ0n) is 11.5. The van der Waals surface area contributed by atoms with Gasteiger partial charge in [-0.15, -0.1) is 0 Å². The normalized spacial score (nSPS) is 20.7. The summed E-state index contributed by atoms with van der Waals surface area (Å²) < 4.78 is 0. The first-order chi connectivity index (χ1) is 9.20. The minimum Gasteiger partial charge on any atom is -0.389 e. The molecule has 0 spiro atoms. The summed E-state index contributed by atoms with van der Waals surface area (Å²) in [5.74, 6) is 0. The summed E-state index contributed by atoms with van der Waals surface area (Å²) in [5, 5.41) is 23.8. The van der Waals surface area contributed by atoms with E-state index in [1.54, 1.807) is 0 Å². The zero-order chi connectivity index (χ0) is 13.6. The van der Waals surface area contributed by atoms with Crippen LogP contribution < -0.4 is 5.32 Å². The van der Waals surface area contributed by atoms with Crippen molar-refractivity contribution in [1.82, 2.24) is 5.32 Å². The van der Waals surface area contributed by atoms with E-state index in [0.717, 1.165) is 31.2 Å². The molecule has 0 amide bonds. The Labute approximate surface area is 115 Å². The number of nitrogens with one attached hydrogen (secondary N) is 1. The summed E-state index contributed by atoms with van der Waals surface area (Å²) in [5.41, 5.74) is 0.343. The van der Waals surface area contributed by atoms with E-state index in [-0.39, 0.29) is 0 Å². The highest BCUT2D eigenvalue weighted by Gasteiger charge is 2.27. The smallest absolute Gasteiger partial charge is 0.0914 e. The summed E-state index contributed by atoms with van der Waals surface area (Å²) in [7, 11) is 0. The Bertz CT molecular complexity index is 358. The summed E-state index contributed by atoms with van der Waals surface area (Å²) in [6, 6.07) is 9.64. The quantitative estimate of drug-likeness (QED) is 0.715. The second-order valence-corrected chi connectivity index (χ2v) is 5.70. The van der Waals surface area contributed by atoms with Gasteiger partial charge in [-0.05, 0) is 18.4 Å². The van der Waals surface area contributed by atoms with Gasteiger partial charge in [-0.2, -0.15) is 0 Å². The molecule has 1 atom stereocenters. The van der Waals surface area contributed by atoms with Crippen LogP contribution in [0.4, 0.5) is 0 Å². The monoisotopic (exact) mass is 263 g/mol. The third kappa shape index (κ3) is 4.60. The Morgan fingerprint density at radius 1 is 1.05 bits per heavy atom. The molecule has 1 unspecified atom stereocenters. The molecule has 0 heterocycles. The van der Waals surface area contributed by atoms with Crippen molar-refractivity contribution in [2.45, 2.75) is 50.2 Å². The molecule has 19 heavy (non-hydrogen) atoms. The van der Waals surface area contributed by atoms with Gasteiger partial charge in [-0.1, -0.05) is 56.0 Å². The van der Waals surface area contributed by atoms with E-state index < -0.39 is 11.7 Å². The largest absolute Gasteiger partial charge is 0.389 e. The van der Waals surface area contributed by atoms with Crippen LogP contribution in [0.1, 0.15) is 50.2 Å². The van der Waals surface area contributed by atoms with Crippen LogP contribution in [0, 0.1) is 0 Å². The van der Waals surface area contributed by atoms with Gasteiger partial charge in [0.2, 0.25) is 0 Å². The molecule has 0 bridgehead atoms. The highest BCUT2D eigenvalue weighted by molar-refractivity contribution is 5.17. The Balaban J connectivity index is 1.76. The number of aliphatic hydroxyl groups excluding tert-OH is 1. The van der Waals surface area contributed by atoms with E-state index in [1.165, 1.54) is 12.8 Å². The van der Waals surface area contributed by atoms with Gasteiger partial charge in [0.1, 0.15) is 0 Å². The van der Waals surface area contributed by atoms with Crippen LogP contribution >= 0.6 is 0 Å². The van der Waals surface area contributed by atoms with Crippen molar-refractivity contribution in [3.8, 4) is 0 Å². The molecule has 1 aliphatic carbocycles. The van der Waals surface area contributed by atoms with Gasteiger partial charge in [0, 0.05) is 13.1 Å². The lowest BCUT2D eigenvalue weighted by Gasteiger charge is -2.27. The Hall–Kier alpha value is -0.900. The highest BCUT2D eigenvalue weighted by Crippen LogP contribution is 2.26. The van der Waals surface area contributed by atoms with E-state index in [1.807, 2.05) is 30.3 Å². The molecule has 3 nitrogen and oxygen atoms in total. The van der Waals surface area contributed by atoms with E-state index in [2.05, 4.69) is 5.32 Å². The van der Waals surface area contributed by atoms with Crippen molar-refractivity contribution in [1.29, 1.82) is 0 Å². The van der Waals surface area contributed by atoms with Gasteiger partial charge >= 0.3 is 0 Å². The zero-order valence-corrected chi connectivity index (χ0v) is 11.5. The molecular weight excluding hydrogens is 238 g/mol. The number of aliphatic hydroxyl groups is 2. The lowest BCUT2D eigenvalue weighted by atomic mass is 9.94. The summed E-state index contributed by atoms with van der Waals surface area (Å²) >= 11 is 0. The third-order valence-electron chi connectivity index (χ3n) is 4.01. The van der Waals surface area contributed by atoms with E-state index >= 15 is 0 Å². The summed E-state index contributed by atoms with van der Waals surface area (Å²) in [4.78, 5) is 0. The molecule has 0 aromatic heterocycles. The minimum absolute atomic E-state index is 0.492. The van der Waals surface area contributed by atoms with Crippen molar-refractivity contribution in [3.05, 3.63) is 35.9 Å². The Kier molecular flexibility index (Phi) is 5.37. The maximum absolute atomic E-state index is 10.5. The average molecular weight is 263 g/mol. The lowest BCUT2D eigenvalue weighted by Crippen LogP contribution is -2.41. The number of hydrogen-bond donors (Lipinski definition) is 3.